The summed E-state index contributed by atoms with van der Waals surface area (Å²) < 4.78 is 33.1. The Kier molecular flexibility index (Phi) is 3.97. The summed E-state index contributed by atoms with van der Waals surface area (Å²) in [5.74, 6) is -0.477. The van der Waals surface area contributed by atoms with Crippen LogP contribution in [-0.2, 0) is 19.0 Å². The van der Waals surface area contributed by atoms with Crippen LogP contribution in [0.1, 0.15) is 41.0 Å². The van der Waals surface area contributed by atoms with E-state index in [1.807, 2.05) is 0 Å². The third kappa shape index (κ3) is 4.13. The predicted octanol–water partition coefficient (Wildman–Crippen LogP) is 1.71. The van der Waals surface area contributed by atoms with E-state index in [2.05, 4.69) is 0 Å². The van der Waals surface area contributed by atoms with Crippen molar-refractivity contribution in [3.05, 3.63) is 0 Å². The first-order valence-corrected chi connectivity index (χ1v) is 7.38. The minimum Gasteiger partial charge on any atom is -0.444 e. The highest BCUT2D eigenvalue weighted by Gasteiger charge is 2.39. The zero-order valence-corrected chi connectivity index (χ0v) is 12.3. The summed E-state index contributed by atoms with van der Waals surface area (Å²) >= 11 is 0. The van der Waals surface area contributed by atoms with Crippen molar-refractivity contribution >= 4 is 16.2 Å². The van der Waals surface area contributed by atoms with Crippen LogP contribution in [0.4, 0.5) is 4.79 Å². The van der Waals surface area contributed by atoms with E-state index in [0.29, 0.717) is 6.42 Å². The largest absolute Gasteiger partial charge is 0.444 e. The lowest BCUT2D eigenvalue weighted by atomic mass is 10.00. The normalized spacial score (nSPS) is 23.3. The molecular formula is C11H21NO5S. The van der Waals surface area contributed by atoms with Crippen molar-refractivity contribution in [3.8, 4) is 0 Å². The number of rotatable bonds is 0. The SMILES string of the molecule is CC(C)(C)OC(=O)N1CS(=O)(=O)OCCC1(C)C. The molecule has 0 aromatic heterocycles. The predicted molar refractivity (Wildman–Crippen MR) is 66.5 cm³/mol. The van der Waals surface area contributed by atoms with Crippen molar-refractivity contribution in [3.63, 3.8) is 0 Å². The molecule has 0 saturated carbocycles. The second-order valence-electron chi connectivity index (χ2n) is 5.98. The second-order valence-corrected chi connectivity index (χ2v) is 7.59. The highest BCUT2D eigenvalue weighted by atomic mass is 32.2. The van der Waals surface area contributed by atoms with Crippen LogP contribution in [0.25, 0.3) is 0 Å². The van der Waals surface area contributed by atoms with Crippen molar-refractivity contribution in [2.24, 2.45) is 0 Å². The second kappa shape index (κ2) is 4.70. The van der Waals surface area contributed by atoms with Crippen molar-refractivity contribution < 1.29 is 22.1 Å². The third-order valence-corrected chi connectivity index (χ3v) is 3.71. The van der Waals surface area contributed by atoms with E-state index in [9.17, 15) is 13.2 Å². The van der Waals surface area contributed by atoms with Gasteiger partial charge in [0.25, 0.3) is 10.1 Å². The summed E-state index contributed by atoms with van der Waals surface area (Å²) in [7, 11) is -3.71. The summed E-state index contributed by atoms with van der Waals surface area (Å²) in [6.45, 7) is 8.87. The molecule has 1 aliphatic rings. The first-order chi connectivity index (χ1) is 7.93. The molecule has 0 aromatic carbocycles. The van der Waals surface area contributed by atoms with Gasteiger partial charge >= 0.3 is 6.09 Å². The Bertz CT molecular complexity index is 421. The van der Waals surface area contributed by atoms with E-state index in [0.717, 1.165) is 0 Å². The van der Waals surface area contributed by atoms with Gasteiger partial charge in [0.2, 0.25) is 0 Å². The van der Waals surface area contributed by atoms with Crippen LogP contribution in [0.2, 0.25) is 0 Å². The number of carbonyl (C=O) groups excluding carboxylic acids is 1. The van der Waals surface area contributed by atoms with Crippen LogP contribution >= 0.6 is 0 Å². The maximum atomic E-state index is 12.1. The van der Waals surface area contributed by atoms with Crippen molar-refractivity contribution in [1.29, 1.82) is 0 Å². The molecule has 0 bridgehead atoms. The zero-order valence-electron chi connectivity index (χ0n) is 11.5. The first-order valence-electron chi connectivity index (χ1n) is 5.81. The van der Waals surface area contributed by atoms with Gasteiger partial charge < -0.3 is 4.74 Å². The maximum absolute atomic E-state index is 12.1. The molecule has 6 nitrogen and oxygen atoms in total. The van der Waals surface area contributed by atoms with Gasteiger partial charge in [0.05, 0.1) is 6.61 Å². The van der Waals surface area contributed by atoms with E-state index in [4.69, 9.17) is 8.92 Å². The van der Waals surface area contributed by atoms with Crippen molar-refractivity contribution in [1.82, 2.24) is 4.90 Å². The number of amides is 1. The van der Waals surface area contributed by atoms with E-state index in [1.54, 1.807) is 34.6 Å². The molecule has 0 spiro atoms. The topological polar surface area (TPSA) is 72.9 Å². The Morgan fingerprint density at radius 2 is 1.89 bits per heavy atom. The highest BCUT2D eigenvalue weighted by molar-refractivity contribution is 7.86. The van der Waals surface area contributed by atoms with Crippen molar-refractivity contribution in [2.45, 2.75) is 52.2 Å². The van der Waals surface area contributed by atoms with Gasteiger partial charge in [0.15, 0.2) is 5.88 Å². The highest BCUT2D eigenvalue weighted by Crippen LogP contribution is 2.26. The maximum Gasteiger partial charge on any atom is 0.411 e. The summed E-state index contributed by atoms with van der Waals surface area (Å²) in [5.41, 5.74) is -1.28. The number of carbonyl (C=O) groups is 1. The Balaban J connectivity index is 2.97. The molecule has 7 heteroatoms. The van der Waals surface area contributed by atoms with Crippen LogP contribution in [0.15, 0.2) is 0 Å². The number of nitrogens with zero attached hydrogens (tertiary/aromatic N) is 1. The fourth-order valence-electron chi connectivity index (χ4n) is 1.54. The minimum atomic E-state index is -3.71. The van der Waals surface area contributed by atoms with Gasteiger partial charge in [-0.15, -0.1) is 0 Å². The molecule has 0 aliphatic carbocycles. The summed E-state index contributed by atoms with van der Waals surface area (Å²) in [6, 6.07) is 0. The molecule has 1 fully saturated rings. The van der Waals surface area contributed by atoms with E-state index >= 15 is 0 Å². The average Bonchev–Trinajstić information content (AvgIpc) is 2.19. The van der Waals surface area contributed by atoms with Crippen LogP contribution in [-0.4, -0.2) is 43.0 Å². The van der Waals surface area contributed by atoms with Gasteiger partial charge in [0.1, 0.15) is 5.60 Å². The number of ether oxygens (including phenoxy) is 1. The van der Waals surface area contributed by atoms with Crippen LogP contribution < -0.4 is 0 Å². The quantitative estimate of drug-likeness (QED) is 0.631. The molecule has 0 radical (unpaired) electrons. The molecule has 0 N–H and O–H groups in total. The molecule has 0 unspecified atom stereocenters. The number of hydrogen-bond acceptors (Lipinski definition) is 5. The molecular weight excluding hydrogens is 258 g/mol. The van der Waals surface area contributed by atoms with Crippen LogP contribution in [0.5, 0.6) is 0 Å². The van der Waals surface area contributed by atoms with Gasteiger partial charge in [-0.05, 0) is 41.0 Å². The lowest BCUT2D eigenvalue weighted by molar-refractivity contribution is 0.00799. The Labute approximate surface area is 108 Å². The summed E-state index contributed by atoms with van der Waals surface area (Å²) in [5, 5.41) is 0. The summed E-state index contributed by atoms with van der Waals surface area (Å²) in [6.07, 6.45) is -0.201. The average molecular weight is 279 g/mol. The lowest BCUT2D eigenvalue weighted by Gasteiger charge is -2.36. The third-order valence-electron chi connectivity index (χ3n) is 2.61. The fraction of sp³-hybridized carbons (Fsp3) is 0.909. The van der Waals surface area contributed by atoms with Gasteiger partial charge in [-0.3, -0.25) is 9.08 Å². The van der Waals surface area contributed by atoms with Crippen LogP contribution in [0, 0.1) is 0 Å². The fourth-order valence-corrected chi connectivity index (χ4v) is 2.72. The van der Waals surface area contributed by atoms with E-state index in [1.165, 1.54) is 4.90 Å². The van der Waals surface area contributed by atoms with Crippen LogP contribution in [0.3, 0.4) is 0 Å². The lowest BCUT2D eigenvalue weighted by Crippen LogP contribution is -2.50. The Hall–Kier alpha value is -0.820. The zero-order chi connectivity index (χ0) is 14.2. The molecule has 0 atom stereocenters. The van der Waals surface area contributed by atoms with Gasteiger partial charge in [-0.1, -0.05) is 0 Å². The molecule has 106 valence electrons. The standard InChI is InChI=1S/C11H21NO5S/c1-10(2,3)17-9(13)12-8-18(14,15)16-7-6-11(12,4)5/h6-8H2,1-5H3. The molecule has 1 rings (SSSR count). The van der Waals surface area contributed by atoms with Gasteiger partial charge in [-0.2, -0.15) is 8.42 Å². The molecule has 18 heavy (non-hydrogen) atoms. The van der Waals surface area contributed by atoms with Gasteiger partial charge in [0, 0.05) is 5.54 Å². The number of hydrogen-bond donors (Lipinski definition) is 0. The minimum absolute atomic E-state index is 0.0780. The smallest absolute Gasteiger partial charge is 0.411 e. The molecule has 0 aromatic rings. The molecule has 1 saturated heterocycles. The molecule has 1 aliphatic heterocycles. The van der Waals surface area contributed by atoms with E-state index < -0.39 is 33.2 Å². The monoisotopic (exact) mass is 279 g/mol. The van der Waals surface area contributed by atoms with E-state index in [-0.39, 0.29) is 6.61 Å². The summed E-state index contributed by atoms with van der Waals surface area (Å²) in [4.78, 5) is 13.3. The van der Waals surface area contributed by atoms with Gasteiger partial charge in [-0.25, -0.2) is 4.79 Å². The molecule has 1 amide bonds. The Morgan fingerprint density at radius 3 is 2.39 bits per heavy atom. The molecule has 1 heterocycles. The Morgan fingerprint density at radius 1 is 1.33 bits per heavy atom. The van der Waals surface area contributed by atoms with Crippen molar-refractivity contribution in [2.75, 3.05) is 12.5 Å². The first kappa shape index (κ1) is 15.2.